The number of nitrogens with zero attached hydrogens (tertiary/aromatic N) is 1. The van der Waals surface area contributed by atoms with Crippen molar-refractivity contribution >= 4 is 30.5 Å². The molecule has 0 heterocycles. The molecule has 0 aromatic heterocycles. The highest BCUT2D eigenvalue weighted by Crippen LogP contribution is 2.37. The normalized spacial score (nSPS) is 14.9. The van der Waals surface area contributed by atoms with Crippen LogP contribution in [0.4, 0.5) is 4.79 Å². The van der Waals surface area contributed by atoms with Gasteiger partial charge in [0, 0.05) is 18.3 Å². The fourth-order valence-electron chi connectivity index (χ4n) is 4.22. The molecule has 0 aliphatic heterocycles. The van der Waals surface area contributed by atoms with Crippen molar-refractivity contribution in [2.45, 2.75) is 77.7 Å². The summed E-state index contributed by atoms with van der Waals surface area (Å²) < 4.78 is 5.36. The monoisotopic (exact) mass is 511 g/mol. The lowest BCUT2D eigenvalue weighted by Gasteiger charge is -2.35. The number of hydrogen-bond acceptors (Lipinski definition) is 5. The Labute approximate surface area is 219 Å². The molecule has 1 aliphatic carbocycles. The van der Waals surface area contributed by atoms with E-state index in [0.717, 1.165) is 35.1 Å². The third-order valence-corrected chi connectivity index (χ3v) is 6.38. The molecule has 1 aliphatic rings. The topological polar surface area (TPSA) is 87.7 Å². The summed E-state index contributed by atoms with van der Waals surface area (Å²) in [6, 6.07) is 13.6. The first kappa shape index (κ1) is 27.6. The third-order valence-electron chi connectivity index (χ3n) is 6.02. The molecule has 0 spiro atoms. The Morgan fingerprint density at radius 1 is 1.03 bits per heavy atom. The van der Waals surface area contributed by atoms with Crippen LogP contribution in [-0.4, -0.2) is 46.2 Å². The van der Waals surface area contributed by atoms with Crippen LogP contribution < -0.4 is 10.6 Å². The largest absolute Gasteiger partial charge is 0.444 e. The fraction of sp³-hybridized carbons (Fsp3) is 0.464. The molecule has 2 aromatic carbocycles. The Kier molecular flexibility index (Phi) is 9.06. The number of benzene rings is 2. The Balaban J connectivity index is 1.94. The lowest BCUT2D eigenvalue weighted by Crippen LogP contribution is -2.54. The summed E-state index contributed by atoms with van der Waals surface area (Å²) in [5.41, 5.74) is 2.92. The van der Waals surface area contributed by atoms with Gasteiger partial charge in [0.25, 0.3) is 0 Å². The van der Waals surface area contributed by atoms with Gasteiger partial charge in [0.05, 0.1) is 0 Å². The van der Waals surface area contributed by atoms with E-state index in [1.165, 1.54) is 0 Å². The van der Waals surface area contributed by atoms with E-state index >= 15 is 0 Å². The molecular weight excluding hydrogens is 474 g/mol. The summed E-state index contributed by atoms with van der Waals surface area (Å²) in [7, 11) is 0. The van der Waals surface area contributed by atoms with Gasteiger partial charge in [0.2, 0.25) is 11.8 Å². The SMILES string of the molecule is Cc1cccc(C)c1C(C(=O)NCc1ccccc1)N(C(=O)C(CS)NC(=O)OC(C)(C)C)C1CC1. The predicted octanol–water partition coefficient (Wildman–Crippen LogP) is 4.48. The molecular formula is C28H37N3O4S. The van der Waals surface area contributed by atoms with Crippen LogP contribution >= 0.6 is 12.6 Å². The maximum absolute atomic E-state index is 13.9. The minimum atomic E-state index is -0.933. The van der Waals surface area contributed by atoms with Gasteiger partial charge in [-0.15, -0.1) is 0 Å². The van der Waals surface area contributed by atoms with Gasteiger partial charge in [-0.2, -0.15) is 12.6 Å². The maximum Gasteiger partial charge on any atom is 0.408 e. The average Bonchev–Trinajstić information content (AvgIpc) is 3.64. The van der Waals surface area contributed by atoms with Crippen LogP contribution in [0.15, 0.2) is 48.5 Å². The second-order valence-electron chi connectivity index (χ2n) is 10.3. The van der Waals surface area contributed by atoms with Crippen LogP contribution in [0.3, 0.4) is 0 Å². The number of hydrogen-bond donors (Lipinski definition) is 3. The first-order valence-corrected chi connectivity index (χ1v) is 13.0. The van der Waals surface area contributed by atoms with Gasteiger partial charge in [-0.1, -0.05) is 48.5 Å². The molecule has 1 fully saturated rings. The van der Waals surface area contributed by atoms with Crippen molar-refractivity contribution in [1.82, 2.24) is 15.5 Å². The zero-order valence-electron chi connectivity index (χ0n) is 21.7. The summed E-state index contributed by atoms with van der Waals surface area (Å²) in [4.78, 5) is 41.8. The van der Waals surface area contributed by atoms with Gasteiger partial charge in [-0.3, -0.25) is 9.59 Å². The quantitative estimate of drug-likeness (QED) is 0.434. The van der Waals surface area contributed by atoms with Crippen LogP contribution in [0.5, 0.6) is 0 Å². The summed E-state index contributed by atoms with van der Waals surface area (Å²) >= 11 is 4.34. The van der Waals surface area contributed by atoms with Gasteiger partial charge < -0.3 is 20.3 Å². The number of carbonyl (C=O) groups excluding carboxylic acids is 3. The van der Waals surface area contributed by atoms with Gasteiger partial charge >= 0.3 is 6.09 Å². The van der Waals surface area contributed by atoms with E-state index < -0.39 is 23.8 Å². The van der Waals surface area contributed by atoms with E-state index in [2.05, 4.69) is 23.3 Å². The van der Waals surface area contributed by atoms with Crippen molar-refractivity contribution in [2.75, 3.05) is 5.75 Å². The van der Waals surface area contributed by atoms with E-state index in [4.69, 9.17) is 4.74 Å². The number of alkyl carbamates (subject to hydrolysis) is 1. The fourth-order valence-corrected chi connectivity index (χ4v) is 4.47. The van der Waals surface area contributed by atoms with Gasteiger partial charge in [0.1, 0.15) is 17.7 Å². The number of aryl methyl sites for hydroxylation is 2. The first-order chi connectivity index (χ1) is 17.0. The number of amides is 3. The molecule has 0 bridgehead atoms. The number of rotatable bonds is 9. The van der Waals surface area contributed by atoms with Crippen LogP contribution in [-0.2, 0) is 20.9 Å². The molecule has 2 unspecified atom stereocenters. The number of thiol groups is 1. The number of ether oxygens (including phenoxy) is 1. The average molecular weight is 512 g/mol. The molecule has 2 N–H and O–H groups in total. The van der Waals surface area contributed by atoms with E-state index in [9.17, 15) is 14.4 Å². The zero-order valence-corrected chi connectivity index (χ0v) is 22.6. The molecule has 2 aromatic rings. The Morgan fingerprint density at radius 3 is 2.17 bits per heavy atom. The van der Waals surface area contributed by atoms with Crippen molar-refractivity contribution in [2.24, 2.45) is 0 Å². The Bertz CT molecular complexity index is 1060. The minimum absolute atomic E-state index is 0.0758. The number of nitrogens with one attached hydrogen (secondary N) is 2. The summed E-state index contributed by atoms with van der Waals surface area (Å²) in [5, 5.41) is 5.69. The second-order valence-corrected chi connectivity index (χ2v) is 10.6. The molecule has 194 valence electrons. The highest BCUT2D eigenvalue weighted by molar-refractivity contribution is 7.80. The van der Waals surface area contributed by atoms with Crippen molar-refractivity contribution in [3.8, 4) is 0 Å². The predicted molar refractivity (Wildman–Crippen MR) is 144 cm³/mol. The zero-order chi connectivity index (χ0) is 26.5. The molecule has 36 heavy (non-hydrogen) atoms. The molecule has 3 rings (SSSR count). The van der Waals surface area contributed by atoms with Crippen molar-refractivity contribution in [1.29, 1.82) is 0 Å². The van der Waals surface area contributed by atoms with Crippen LogP contribution in [0.2, 0.25) is 0 Å². The summed E-state index contributed by atoms with van der Waals surface area (Å²) in [6.45, 7) is 9.52. The van der Waals surface area contributed by atoms with Crippen LogP contribution in [0.25, 0.3) is 0 Å². The Morgan fingerprint density at radius 2 is 1.64 bits per heavy atom. The van der Waals surface area contributed by atoms with E-state index in [0.29, 0.717) is 6.54 Å². The maximum atomic E-state index is 13.9. The molecule has 0 saturated heterocycles. The summed E-state index contributed by atoms with van der Waals surface area (Å²) in [6.07, 6.45) is 0.901. The molecule has 3 amide bonds. The van der Waals surface area contributed by atoms with Crippen molar-refractivity contribution in [3.63, 3.8) is 0 Å². The lowest BCUT2D eigenvalue weighted by atomic mass is 9.93. The van der Waals surface area contributed by atoms with Crippen LogP contribution in [0.1, 0.15) is 61.9 Å². The highest BCUT2D eigenvalue weighted by atomic mass is 32.1. The molecule has 0 radical (unpaired) electrons. The van der Waals surface area contributed by atoms with Gasteiger partial charge in [0.15, 0.2) is 0 Å². The molecule has 2 atom stereocenters. The molecule has 8 heteroatoms. The van der Waals surface area contributed by atoms with E-state index in [1.54, 1.807) is 25.7 Å². The smallest absolute Gasteiger partial charge is 0.408 e. The van der Waals surface area contributed by atoms with Crippen LogP contribution in [0, 0.1) is 13.8 Å². The number of carbonyl (C=O) groups is 3. The second kappa shape index (κ2) is 11.8. The Hall–Kier alpha value is -3.00. The van der Waals surface area contributed by atoms with Crippen molar-refractivity contribution < 1.29 is 19.1 Å². The highest BCUT2D eigenvalue weighted by Gasteiger charge is 2.44. The lowest BCUT2D eigenvalue weighted by molar-refractivity contribution is -0.142. The molecule has 7 nitrogen and oxygen atoms in total. The summed E-state index contributed by atoms with van der Waals surface area (Å²) in [5.74, 6) is -0.528. The minimum Gasteiger partial charge on any atom is -0.444 e. The van der Waals surface area contributed by atoms with Gasteiger partial charge in [-0.05, 0) is 69.7 Å². The van der Waals surface area contributed by atoms with E-state index in [1.807, 2.05) is 62.4 Å². The first-order valence-electron chi connectivity index (χ1n) is 12.3. The van der Waals surface area contributed by atoms with E-state index in [-0.39, 0.29) is 23.6 Å². The molecule has 1 saturated carbocycles. The third kappa shape index (κ3) is 7.26. The van der Waals surface area contributed by atoms with Crippen molar-refractivity contribution in [3.05, 3.63) is 70.8 Å². The standard InChI is InChI=1S/C28H37N3O4S/c1-18-10-9-11-19(2)23(18)24(25(32)29-16-20-12-7-6-8-13-20)31(21-14-15-21)26(33)22(17-36)30-27(34)35-28(3,4)5/h6-13,21-22,24,36H,14-17H2,1-5H3,(H,29,32)(H,30,34). The van der Waals surface area contributed by atoms with Gasteiger partial charge in [-0.25, -0.2) is 4.79 Å².